The largest absolute Gasteiger partial charge is 0.348 e. The predicted molar refractivity (Wildman–Crippen MR) is 99.7 cm³/mol. The third-order valence-corrected chi connectivity index (χ3v) is 5.81. The number of amides is 2. The van der Waals surface area contributed by atoms with Crippen molar-refractivity contribution in [3.8, 4) is 0 Å². The SMILES string of the molecule is CC(NC(=O)CNC(=O)[C@@H](N)C(C)C)c1ccc(S(=O)(=O)N(C)C)cc1. The van der Waals surface area contributed by atoms with E-state index in [0.717, 1.165) is 9.87 Å². The van der Waals surface area contributed by atoms with Gasteiger partial charge in [-0.2, -0.15) is 0 Å². The summed E-state index contributed by atoms with van der Waals surface area (Å²) in [5.74, 6) is -0.748. The van der Waals surface area contributed by atoms with Crippen molar-refractivity contribution in [3.05, 3.63) is 29.8 Å². The molecule has 0 heterocycles. The van der Waals surface area contributed by atoms with Crippen LogP contribution < -0.4 is 16.4 Å². The molecule has 9 heteroatoms. The highest BCUT2D eigenvalue weighted by molar-refractivity contribution is 7.89. The first-order chi connectivity index (χ1) is 12.0. The Kier molecular flexibility index (Phi) is 7.73. The summed E-state index contributed by atoms with van der Waals surface area (Å²) in [7, 11) is -0.561. The Balaban J connectivity index is 2.64. The van der Waals surface area contributed by atoms with Crippen molar-refractivity contribution in [3.63, 3.8) is 0 Å². The molecule has 0 fully saturated rings. The monoisotopic (exact) mass is 384 g/mol. The van der Waals surface area contributed by atoms with E-state index in [0.29, 0.717) is 0 Å². The highest BCUT2D eigenvalue weighted by atomic mass is 32.2. The van der Waals surface area contributed by atoms with Crippen molar-refractivity contribution >= 4 is 21.8 Å². The summed E-state index contributed by atoms with van der Waals surface area (Å²) < 4.78 is 25.2. The summed E-state index contributed by atoms with van der Waals surface area (Å²) in [6.45, 7) is 5.25. The van der Waals surface area contributed by atoms with Gasteiger partial charge in [-0.3, -0.25) is 9.59 Å². The van der Waals surface area contributed by atoms with Crippen LogP contribution in [0.3, 0.4) is 0 Å². The van der Waals surface area contributed by atoms with E-state index in [1.165, 1.54) is 26.2 Å². The molecule has 0 spiro atoms. The standard InChI is InChI=1S/C17H28N4O4S/c1-11(2)16(18)17(23)19-10-15(22)20-12(3)13-6-8-14(9-7-13)26(24,25)21(4)5/h6-9,11-12,16H,10,18H2,1-5H3,(H,19,23)(H,20,22)/t12?,16-/m0/s1. The fourth-order valence-corrected chi connectivity index (χ4v) is 3.00. The molecular formula is C17H28N4O4S. The van der Waals surface area contributed by atoms with Gasteiger partial charge in [0.15, 0.2) is 0 Å². The lowest BCUT2D eigenvalue weighted by Crippen LogP contribution is -2.47. The van der Waals surface area contributed by atoms with Gasteiger partial charge in [-0.05, 0) is 30.5 Å². The molecule has 0 radical (unpaired) electrons. The Bertz CT molecular complexity index is 730. The Morgan fingerprint density at radius 2 is 1.65 bits per heavy atom. The number of carbonyl (C=O) groups is 2. The van der Waals surface area contributed by atoms with Crippen molar-refractivity contribution in [1.29, 1.82) is 0 Å². The molecule has 8 nitrogen and oxygen atoms in total. The van der Waals surface area contributed by atoms with Crippen LogP contribution in [-0.4, -0.2) is 51.2 Å². The fourth-order valence-electron chi connectivity index (χ4n) is 2.10. The average molecular weight is 385 g/mol. The van der Waals surface area contributed by atoms with Crippen LogP contribution in [0.25, 0.3) is 0 Å². The Labute approximate surface area is 155 Å². The number of rotatable bonds is 8. The molecule has 0 bridgehead atoms. The maximum atomic E-state index is 12.0. The third-order valence-electron chi connectivity index (χ3n) is 3.98. The smallest absolute Gasteiger partial charge is 0.242 e. The first-order valence-corrected chi connectivity index (χ1v) is 9.76. The van der Waals surface area contributed by atoms with Gasteiger partial charge >= 0.3 is 0 Å². The van der Waals surface area contributed by atoms with Gasteiger partial charge in [-0.1, -0.05) is 26.0 Å². The van der Waals surface area contributed by atoms with Gasteiger partial charge in [0.25, 0.3) is 0 Å². The minimum atomic E-state index is -3.49. The van der Waals surface area contributed by atoms with E-state index < -0.39 is 16.1 Å². The second kappa shape index (κ2) is 9.11. The zero-order chi connectivity index (χ0) is 20.1. The normalized spacial score (nSPS) is 14.2. The number of nitrogens with zero attached hydrogens (tertiary/aromatic N) is 1. The van der Waals surface area contributed by atoms with Gasteiger partial charge in [-0.15, -0.1) is 0 Å². The molecule has 1 aromatic carbocycles. The van der Waals surface area contributed by atoms with Gasteiger partial charge in [-0.25, -0.2) is 12.7 Å². The van der Waals surface area contributed by atoms with Crippen LogP contribution in [-0.2, 0) is 19.6 Å². The maximum Gasteiger partial charge on any atom is 0.242 e. The first kappa shape index (κ1) is 22.1. The number of nitrogens with one attached hydrogen (secondary N) is 2. The predicted octanol–water partition coefficient (Wildman–Crippen LogP) is 0.214. The summed E-state index contributed by atoms with van der Waals surface area (Å²) in [4.78, 5) is 23.9. The second-order valence-electron chi connectivity index (χ2n) is 6.63. The topological polar surface area (TPSA) is 122 Å². The molecule has 0 aliphatic carbocycles. The van der Waals surface area contributed by atoms with Crippen LogP contribution in [0, 0.1) is 5.92 Å². The van der Waals surface area contributed by atoms with Crippen molar-refractivity contribution in [1.82, 2.24) is 14.9 Å². The summed E-state index contributed by atoms with van der Waals surface area (Å²) in [6.07, 6.45) is 0. The number of sulfonamides is 1. The molecular weight excluding hydrogens is 356 g/mol. The third kappa shape index (κ3) is 5.79. The molecule has 4 N–H and O–H groups in total. The molecule has 146 valence electrons. The van der Waals surface area contributed by atoms with Crippen LogP contribution in [0.2, 0.25) is 0 Å². The fraction of sp³-hybridized carbons (Fsp3) is 0.529. The van der Waals surface area contributed by atoms with E-state index >= 15 is 0 Å². The lowest BCUT2D eigenvalue weighted by Gasteiger charge is -2.18. The molecule has 1 rings (SSSR count). The molecule has 0 aliphatic heterocycles. The Hall–Kier alpha value is -1.97. The zero-order valence-corrected chi connectivity index (χ0v) is 16.6. The van der Waals surface area contributed by atoms with Crippen LogP contribution in [0.1, 0.15) is 32.4 Å². The maximum absolute atomic E-state index is 12.0. The van der Waals surface area contributed by atoms with Crippen LogP contribution in [0.5, 0.6) is 0 Å². The zero-order valence-electron chi connectivity index (χ0n) is 15.8. The number of carbonyl (C=O) groups excluding carboxylic acids is 2. The number of hydrogen-bond acceptors (Lipinski definition) is 5. The minimum absolute atomic E-state index is 0.0195. The highest BCUT2D eigenvalue weighted by Crippen LogP contribution is 2.18. The number of hydrogen-bond donors (Lipinski definition) is 3. The van der Waals surface area contributed by atoms with Crippen molar-refractivity contribution < 1.29 is 18.0 Å². The van der Waals surface area contributed by atoms with Crippen LogP contribution in [0.4, 0.5) is 0 Å². The summed E-state index contributed by atoms with van der Waals surface area (Å²) in [6, 6.07) is 5.29. The van der Waals surface area contributed by atoms with Gasteiger partial charge < -0.3 is 16.4 Å². The Morgan fingerprint density at radius 1 is 1.12 bits per heavy atom. The van der Waals surface area contributed by atoms with E-state index in [2.05, 4.69) is 10.6 Å². The van der Waals surface area contributed by atoms with Gasteiger partial charge in [0.2, 0.25) is 21.8 Å². The molecule has 2 atom stereocenters. The van der Waals surface area contributed by atoms with E-state index in [1.807, 2.05) is 13.8 Å². The van der Waals surface area contributed by atoms with Crippen molar-refractivity contribution in [2.24, 2.45) is 11.7 Å². The molecule has 0 saturated carbocycles. The van der Waals surface area contributed by atoms with E-state index in [-0.39, 0.29) is 35.2 Å². The summed E-state index contributed by atoms with van der Waals surface area (Å²) >= 11 is 0. The van der Waals surface area contributed by atoms with Gasteiger partial charge in [0.05, 0.1) is 23.5 Å². The Morgan fingerprint density at radius 3 is 2.12 bits per heavy atom. The van der Waals surface area contributed by atoms with Crippen molar-refractivity contribution in [2.45, 2.75) is 37.8 Å². The molecule has 1 aromatic rings. The second-order valence-corrected chi connectivity index (χ2v) is 8.79. The highest BCUT2D eigenvalue weighted by Gasteiger charge is 2.19. The molecule has 1 unspecified atom stereocenters. The molecule has 0 aromatic heterocycles. The molecule has 0 saturated heterocycles. The van der Waals surface area contributed by atoms with Gasteiger partial charge in [0.1, 0.15) is 0 Å². The van der Waals surface area contributed by atoms with E-state index in [4.69, 9.17) is 5.73 Å². The molecule has 0 aliphatic rings. The number of benzene rings is 1. The molecule has 26 heavy (non-hydrogen) atoms. The summed E-state index contributed by atoms with van der Waals surface area (Å²) in [5.41, 5.74) is 6.46. The number of nitrogens with two attached hydrogens (primary N) is 1. The lowest BCUT2D eigenvalue weighted by molar-refractivity contribution is -0.127. The quantitative estimate of drug-likeness (QED) is 0.592. The first-order valence-electron chi connectivity index (χ1n) is 8.32. The van der Waals surface area contributed by atoms with Crippen LogP contribution in [0.15, 0.2) is 29.2 Å². The van der Waals surface area contributed by atoms with Gasteiger partial charge in [0, 0.05) is 14.1 Å². The lowest BCUT2D eigenvalue weighted by atomic mass is 10.1. The summed E-state index contributed by atoms with van der Waals surface area (Å²) in [5, 5.41) is 5.25. The van der Waals surface area contributed by atoms with Crippen LogP contribution >= 0.6 is 0 Å². The van der Waals surface area contributed by atoms with Crippen molar-refractivity contribution in [2.75, 3.05) is 20.6 Å². The average Bonchev–Trinajstić information content (AvgIpc) is 2.58. The minimum Gasteiger partial charge on any atom is -0.348 e. The van der Waals surface area contributed by atoms with E-state index in [9.17, 15) is 18.0 Å². The molecule has 2 amide bonds. The van der Waals surface area contributed by atoms with E-state index in [1.54, 1.807) is 19.1 Å².